The fourth-order valence-corrected chi connectivity index (χ4v) is 3.07. The fraction of sp³-hybridized carbons (Fsp3) is 0.300. The van der Waals surface area contributed by atoms with E-state index in [1.807, 2.05) is 30.3 Å². The van der Waals surface area contributed by atoms with Crippen LogP contribution in [0.4, 0.5) is 5.69 Å². The molecule has 3 aromatic rings. The summed E-state index contributed by atoms with van der Waals surface area (Å²) >= 11 is 0. The molecule has 0 saturated heterocycles. The minimum absolute atomic E-state index is 0.311. The molecule has 8 nitrogen and oxygen atoms in total. The highest BCUT2D eigenvalue weighted by atomic mass is 16.5. The molecule has 4 rings (SSSR count). The molecule has 28 heavy (non-hydrogen) atoms. The number of aromatic nitrogens is 4. The van der Waals surface area contributed by atoms with Crippen LogP contribution in [0.2, 0.25) is 0 Å². The summed E-state index contributed by atoms with van der Waals surface area (Å²) in [6, 6.07) is 14.6. The van der Waals surface area contributed by atoms with E-state index in [9.17, 15) is 4.79 Å². The summed E-state index contributed by atoms with van der Waals surface area (Å²) in [5, 5.41) is 15.0. The summed E-state index contributed by atoms with van der Waals surface area (Å²) in [7, 11) is 1.59. The Labute approximate surface area is 162 Å². The lowest BCUT2D eigenvalue weighted by Crippen LogP contribution is -2.45. The third-order valence-corrected chi connectivity index (χ3v) is 4.95. The van der Waals surface area contributed by atoms with Crippen LogP contribution in [0, 0.1) is 0 Å². The van der Waals surface area contributed by atoms with Crippen molar-refractivity contribution in [1.29, 1.82) is 0 Å². The molecule has 3 N–H and O–H groups in total. The lowest BCUT2D eigenvalue weighted by Gasteiger charge is -2.24. The summed E-state index contributed by atoms with van der Waals surface area (Å²) in [5.74, 6) is 1.47. The topological polar surface area (TPSA) is 108 Å². The molecule has 2 aromatic carbocycles. The summed E-state index contributed by atoms with van der Waals surface area (Å²) in [6.45, 7) is 1.69. The fourth-order valence-electron chi connectivity index (χ4n) is 3.07. The first-order chi connectivity index (χ1) is 13.5. The Morgan fingerprint density at radius 1 is 1.25 bits per heavy atom. The molecule has 0 aliphatic heterocycles. The Morgan fingerprint density at radius 3 is 2.68 bits per heavy atom. The molecule has 1 aromatic heterocycles. The summed E-state index contributed by atoms with van der Waals surface area (Å²) < 4.78 is 7.14. The molecule has 0 spiro atoms. The average Bonchev–Trinajstić information content (AvgIpc) is 3.45. The molecule has 8 heteroatoms. The predicted octanol–water partition coefficient (Wildman–Crippen LogP) is 2.36. The third kappa shape index (κ3) is 3.34. The van der Waals surface area contributed by atoms with Crippen molar-refractivity contribution in [3.8, 4) is 11.4 Å². The predicted molar refractivity (Wildman–Crippen MR) is 104 cm³/mol. The monoisotopic (exact) mass is 378 g/mol. The molecule has 1 saturated carbocycles. The van der Waals surface area contributed by atoms with E-state index in [0.717, 1.165) is 24.2 Å². The Hall–Kier alpha value is -3.26. The molecular formula is C20H22N6O2. The number of nitrogens with zero attached hydrogens (tertiary/aromatic N) is 4. The number of carbonyl (C=O) groups excluding carboxylic acids is 1. The molecular weight excluding hydrogens is 356 g/mol. The molecule has 1 fully saturated rings. The van der Waals surface area contributed by atoms with Crippen molar-refractivity contribution < 1.29 is 9.53 Å². The van der Waals surface area contributed by atoms with Crippen molar-refractivity contribution in [3.63, 3.8) is 0 Å². The van der Waals surface area contributed by atoms with Gasteiger partial charge < -0.3 is 15.8 Å². The number of ether oxygens (including phenoxy) is 1. The van der Waals surface area contributed by atoms with Crippen molar-refractivity contribution in [2.45, 2.75) is 31.2 Å². The third-order valence-electron chi connectivity index (χ3n) is 4.95. The van der Waals surface area contributed by atoms with Crippen LogP contribution in [-0.4, -0.2) is 33.2 Å². The lowest BCUT2D eigenvalue weighted by atomic mass is 9.92. The van der Waals surface area contributed by atoms with E-state index in [2.05, 4.69) is 20.8 Å². The number of nitrogens with one attached hydrogen (secondary N) is 1. The second-order valence-corrected chi connectivity index (χ2v) is 7.13. The van der Waals surface area contributed by atoms with Gasteiger partial charge in [-0.25, -0.2) is 0 Å². The zero-order valence-corrected chi connectivity index (χ0v) is 15.8. The number of tetrazole rings is 1. The summed E-state index contributed by atoms with van der Waals surface area (Å²) in [6.07, 6.45) is 2.14. The van der Waals surface area contributed by atoms with Gasteiger partial charge in [0.15, 0.2) is 5.82 Å². The molecule has 0 radical (unpaired) electrons. The number of amides is 1. The number of nitrogens with two attached hydrogens (primary N) is 1. The standard InChI is InChI=1S/C20H22N6O2/c1-20(21,14-6-4-3-5-7-14)19(27)22-15-10-11-17(28-2)16(12-15)26-18(13-8-9-13)23-24-25-26/h3-7,10-13H,8-9,21H2,1-2H3,(H,22,27). The van der Waals surface area contributed by atoms with E-state index < -0.39 is 5.54 Å². The number of benzene rings is 2. The van der Waals surface area contributed by atoms with Gasteiger partial charge in [0.05, 0.1) is 7.11 Å². The van der Waals surface area contributed by atoms with Crippen LogP contribution in [0.3, 0.4) is 0 Å². The van der Waals surface area contributed by atoms with E-state index >= 15 is 0 Å². The van der Waals surface area contributed by atoms with Crippen LogP contribution in [0.5, 0.6) is 5.75 Å². The normalized spacial score (nSPS) is 15.7. The van der Waals surface area contributed by atoms with Crippen molar-refractivity contribution in [1.82, 2.24) is 20.2 Å². The number of methoxy groups -OCH3 is 1. The maximum absolute atomic E-state index is 12.9. The van der Waals surface area contributed by atoms with E-state index in [4.69, 9.17) is 10.5 Å². The van der Waals surface area contributed by atoms with Crippen molar-refractivity contribution in [2.24, 2.45) is 5.73 Å². The van der Waals surface area contributed by atoms with Crippen LogP contribution >= 0.6 is 0 Å². The van der Waals surface area contributed by atoms with Crippen LogP contribution < -0.4 is 15.8 Å². The van der Waals surface area contributed by atoms with Gasteiger partial charge in [-0.3, -0.25) is 4.79 Å². The van der Waals surface area contributed by atoms with Gasteiger partial charge in [-0.2, -0.15) is 4.68 Å². The van der Waals surface area contributed by atoms with E-state index in [-0.39, 0.29) is 5.91 Å². The minimum Gasteiger partial charge on any atom is -0.494 e. The number of anilines is 1. The van der Waals surface area contributed by atoms with E-state index in [1.165, 1.54) is 0 Å². The van der Waals surface area contributed by atoms with Crippen molar-refractivity contribution in [3.05, 3.63) is 59.9 Å². The van der Waals surface area contributed by atoms with Crippen LogP contribution in [0.1, 0.15) is 37.1 Å². The maximum Gasteiger partial charge on any atom is 0.248 e. The zero-order valence-electron chi connectivity index (χ0n) is 15.8. The van der Waals surface area contributed by atoms with Crippen molar-refractivity contribution in [2.75, 3.05) is 12.4 Å². The van der Waals surface area contributed by atoms with Gasteiger partial charge in [0.1, 0.15) is 17.0 Å². The highest BCUT2D eigenvalue weighted by Gasteiger charge is 2.32. The van der Waals surface area contributed by atoms with Gasteiger partial charge in [-0.05, 0) is 54.0 Å². The molecule has 1 atom stereocenters. The number of carbonyl (C=O) groups is 1. The first kappa shape index (κ1) is 18.1. The Balaban J connectivity index is 1.64. The highest BCUT2D eigenvalue weighted by molar-refractivity contribution is 5.98. The van der Waals surface area contributed by atoms with Gasteiger partial charge in [-0.15, -0.1) is 5.10 Å². The molecule has 0 bridgehead atoms. The van der Waals surface area contributed by atoms with Gasteiger partial charge in [0, 0.05) is 11.6 Å². The number of rotatable bonds is 6. The Bertz CT molecular complexity index is 995. The SMILES string of the molecule is COc1ccc(NC(=O)C(C)(N)c2ccccc2)cc1-n1nnnc1C1CC1. The summed E-state index contributed by atoms with van der Waals surface area (Å²) in [5.41, 5.74) is 7.14. The molecule has 1 heterocycles. The van der Waals surface area contributed by atoms with Crippen LogP contribution in [-0.2, 0) is 10.3 Å². The first-order valence-corrected chi connectivity index (χ1v) is 9.13. The van der Waals surface area contributed by atoms with Gasteiger partial charge in [0.2, 0.25) is 5.91 Å². The Morgan fingerprint density at radius 2 is 2.00 bits per heavy atom. The largest absolute Gasteiger partial charge is 0.494 e. The molecule has 1 amide bonds. The number of hydrogen-bond donors (Lipinski definition) is 2. The second-order valence-electron chi connectivity index (χ2n) is 7.13. The van der Waals surface area contributed by atoms with E-state index in [0.29, 0.717) is 23.0 Å². The average molecular weight is 378 g/mol. The molecule has 144 valence electrons. The molecule has 1 aliphatic carbocycles. The minimum atomic E-state index is -1.17. The zero-order chi connectivity index (χ0) is 19.7. The number of hydrogen-bond acceptors (Lipinski definition) is 6. The van der Waals surface area contributed by atoms with Gasteiger partial charge >= 0.3 is 0 Å². The lowest BCUT2D eigenvalue weighted by molar-refractivity contribution is -0.120. The van der Waals surface area contributed by atoms with Crippen LogP contribution in [0.15, 0.2) is 48.5 Å². The summed E-state index contributed by atoms with van der Waals surface area (Å²) in [4.78, 5) is 12.9. The van der Waals surface area contributed by atoms with Gasteiger partial charge in [0.25, 0.3) is 0 Å². The van der Waals surface area contributed by atoms with Crippen LogP contribution in [0.25, 0.3) is 5.69 Å². The highest BCUT2D eigenvalue weighted by Crippen LogP contribution is 2.40. The maximum atomic E-state index is 12.9. The molecule has 1 aliphatic rings. The molecule has 1 unspecified atom stereocenters. The van der Waals surface area contributed by atoms with Gasteiger partial charge in [-0.1, -0.05) is 30.3 Å². The van der Waals surface area contributed by atoms with E-state index in [1.54, 1.807) is 36.9 Å². The second kappa shape index (κ2) is 7.05. The first-order valence-electron chi connectivity index (χ1n) is 9.13. The Kier molecular flexibility index (Phi) is 4.56. The smallest absolute Gasteiger partial charge is 0.248 e. The quantitative estimate of drug-likeness (QED) is 0.682. The van der Waals surface area contributed by atoms with Crippen molar-refractivity contribution >= 4 is 11.6 Å².